The number of H-pyrrole nitrogens is 1. The molecule has 104 valence electrons. The summed E-state index contributed by atoms with van der Waals surface area (Å²) < 4.78 is 0. The summed E-state index contributed by atoms with van der Waals surface area (Å²) in [5.74, 6) is 0. The van der Waals surface area contributed by atoms with Crippen LogP contribution in [0.1, 0.15) is 42.2 Å². The first kappa shape index (κ1) is 13.4. The first-order chi connectivity index (χ1) is 9.45. The molecular weight excluding hydrogens is 266 g/mol. The van der Waals surface area contributed by atoms with Crippen molar-refractivity contribution in [1.29, 1.82) is 0 Å². The Morgan fingerprint density at radius 3 is 2.60 bits per heavy atom. The molecule has 1 atom stereocenters. The van der Waals surface area contributed by atoms with E-state index in [4.69, 9.17) is 0 Å². The first-order valence-corrected chi connectivity index (χ1v) is 7.62. The quantitative estimate of drug-likeness (QED) is 0.708. The van der Waals surface area contributed by atoms with Crippen molar-refractivity contribution in [3.05, 3.63) is 57.9 Å². The maximum Gasteiger partial charge on any atom is 0.113 e. The van der Waals surface area contributed by atoms with Crippen LogP contribution >= 0.6 is 11.3 Å². The molecule has 0 bridgehead atoms. The molecule has 2 aromatic heterocycles. The highest BCUT2D eigenvalue weighted by Gasteiger charge is 2.19. The first-order valence-electron chi connectivity index (χ1n) is 6.80. The summed E-state index contributed by atoms with van der Waals surface area (Å²) in [7, 11) is 0. The highest BCUT2D eigenvalue weighted by Crippen LogP contribution is 2.35. The molecule has 3 rings (SSSR count). The molecule has 0 fully saturated rings. The lowest BCUT2D eigenvalue weighted by atomic mass is 9.95. The van der Waals surface area contributed by atoms with Crippen LogP contribution in [0.3, 0.4) is 0 Å². The molecule has 0 aliphatic rings. The number of aromatic nitrogens is 1. The van der Waals surface area contributed by atoms with Crippen LogP contribution in [-0.4, -0.2) is 10.1 Å². The Morgan fingerprint density at radius 2 is 1.90 bits per heavy atom. The van der Waals surface area contributed by atoms with Crippen molar-refractivity contribution in [3.8, 4) is 0 Å². The van der Waals surface area contributed by atoms with Gasteiger partial charge in [0.15, 0.2) is 0 Å². The summed E-state index contributed by atoms with van der Waals surface area (Å²) in [6.07, 6.45) is 1.37. The molecule has 20 heavy (non-hydrogen) atoms. The summed E-state index contributed by atoms with van der Waals surface area (Å²) in [6.45, 7) is 6.59. The predicted octanol–water partition coefficient (Wildman–Crippen LogP) is 4.61. The van der Waals surface area contributed by atoms with Crippen LogP contribution in [-0.2, 0) is 5.41 Å². The van der Waals surface area contributed by atoms with E-state index in [9.17, 15) is 5.11 Å². The number of rotatable bonds is 2. The minimum absolute atomic E-state index is 0.132. The number of fused-ring (bicyclic) bond motifs is 1. The number of nitrogens with one attached hydrogen (secondary N) is 1. The molecule has 0 radical (unpaired) electrons. The maximum absolute atomic E-state index is 10.6. The fraction of sp³-hybridized carbons (Fsp3) is 0.294. The number of aliphatic hydroxyl groups is 1. The van der Waals surface area contributed by atoms with Gasteiger partial charge in [0.1, 0.15) is 6.10 Å². The van der Waals surface area contributed by atoms with Gasteiger partial charge in [0.05, 0.1) is 0 Å². The Hall–Kier alpha value is -1.58. The number of hydrogen-bond acceptors (Lipinski definition) is 2. The lowest BCUT2D eigenvalue weighted by Crippen LogP contribution is -2.07. The van der Waals surface area contributed by atoms with Crippen LogP contribution in [0.25, 0.3) is 10.9 Å². The summed E-state index contributed by atoms with van der Waals surface area (Å²) in [6, 6.07) is 12.2. The van der Waals surface area contributed by atoms with Gasteiger partial charge in [0, 0.05) is 21.5 Å². The van der Waals surface area contributed by atoms with E-state index >= 15 is 0 Å². The average Bonchev–Trinajstić information content (AvgIpc) is 3.05. The van der Waals surface area contributed by atoms with E-state index in [1.165, 1.54) is 4.88 Å². The van der Waals surface area contributed by atoms with E-state index in [0.717, 1.165) is 21.3 Å². The normalized spacial score (nSPS) is 13.8. The minimum Gasteiger partial charge on any atom is -0.383 e. The molecule has 2 heterocycles. The lowest BCUT2D eigenvalue weighted by molar-refractivity contribution is 0.224. The van der Waals surface area contributed by atoms with Crippen molar-refractivity contribution in [2.24, 2.45) is 0 Å². The minimum atomic E-state index is -0.546. The van der Waals surface area contributed by atoms with Crippen molar-refractivity contribution < 1.29 is 5.11 Å². The lowest BCUT2D eigenvalue weighted by Gasteiger charge is -2.15. The van der Waals surface area contributed by atoms with E-state index in [-0.39, 0.29) is 5.41 Å². The Balaban J connectivity index is 1.95. The van der Waals surface area contributed by atoms with Crippen LogP contribution in [0, 0.1) is 0 Å². The molecule has 1 aromatic carbocycles. The molecule has 2 N–H and O–H groups in total. The highest BCUT2D eigenvalue weighted by molar-refractivity contribution is 7.12. The molecular formula is C17H19NOS. The average molecular weight is 285 g/mol. The summed E-state index contributed by atoms with van der Waals surface area (Å²) in [5.41, 5.74) is 2.18. The van der Waals surface area contributed by atoms with E-state index < -0.39 is 6.10 Å². The van der Waals surface area contributed by atoms with Gasteiger partial charge in [-0.1, -0.05) is 26.8 Å². The Kier molecular flexibility index (Phi) is 3.19. The van der Waals surface area contributed by atoms with Gasteiger partial charge in [-0.2, -0.15) is 0 Å². The third kappa shape index (κ3) is 2.39. The van der Waals surface area contributed by atoms with Gasteiger partial charge in [-0.25, -0.2) is 0 Å². The zero-order valence-electron chi connectivity index (χ0n) is 12.0. The molecule has 0 saturated carbocycles. The topological polar surface area (TPSA) is 36.0 Å². The molecule has 1 unspecified atom stereocenters. The monoisotopic (exact) mass is 285 g/mol. The smallest absolute Gasteiger partial charge is 0.113 e. The van der Waals surface area contributed by atoms with E-state index in [1.807, 2.05) is 36.5 Å². The molecule has 0 aliphatic heterocycles. The SMILES string of the molecule is CC(C)(C)c1ccc(C(O)c2ccc3[nH]ccc3c2)s1. The highest BCUT2D eigenvalue weighted by atomic mass is 32.1. The molecule has 0 saturated heterocycles. The van der Waals surface area contributed by atoms with Crippen molar-refractivity contribution in [2.45, 2.75) is 32.3 Å². The predicted molar refractivity (Wildman–Crippen MR) is 85.4 cm³/mol. The second kappa shape index (κ2) is 4.76. The third-order valence-electron chi connectivity index (χ3n) is 3.53. The Bertz CT molecular complexity index is 733. The van der Waals surface area contributed by atoms with Gasteiger partial charge < -0.3 is 10.1 Å². The number of thiophene rings is 1. The summed E-state index contributed by atoms with van der Waals surface area (Å²) in [5, 5.41) is 11.7. The van der Waals surface area contributed by atoms with Gasteiger partial charge in [0.2, 0.25) is 0 Å². The molecule has 3 heteroatoms. The van der Waals surface area contributed by atoms with Crippen molar-refractivity contribution in [2.75, 3.05) is 0 Å². The van der Waals surface area contributed by atoms with Crippen LogP contribution < -0.4 is 0 Å². The van der Waals surface area contributed by atoms with E-state index in [1.54, 1.807) is 11.3 Å². The molecule has 3 aromatic rings. The zero-order chi connectivity index (χ0) is 14.3. The van der Waals surface area contributed by atoms with Crippen LogP contribution in [0.4, 0.5) is 0 Å². The molecule has 0 spiro atoms. The van der Waals surface area contributed by atoms with Crippen molar-refractivity contribution in [1.82, 2.24) is 4.98 Å². The standard InChI is InChI=1S/C17H19NOS/c1-17(2,3)15-7-6-14(20-15)16(19)12-4-5-13-11(10-12)8-9-18-13/h4-10,16,18-19H,1-3H3. The van der Waals surface area contributed by atoms with Crippen molar-refractivity contribution >= 4 is 22.2 Å². The van der Waals surface area contributed by atoms with Crippen LogP contribution in [0.2, 0.25) is 0 Å². The van der Waals surface area contributed by atoms with E-state index in [2.05, 4.69) is 31.8 Å². The van der Waals surface area contributed by atoms with Crippen LogP contribution in [0.5, 0.6) is 0 Å². The van der Waals surface area contributed by atoms with Crippen LogP contribution in [0.15, 0.2) is 42.6 Å². The zero-order valence-corrected chi connectivity index (χ0v) is 12.8. The fourth-order valence-corrected chi connectivity index (χ4v) is 3.39. The second-order valence-electron chi connectivity index (χ2n) is 6.18. The number of aliphatic hydroxyl groups excluding tert-OH is 1. The third-order valence-corrected chi connectivity index (χ3v) is 5.09. The number of hydrogen-bond donors (Lipinski definition) is 2. The number of aromatic amines is 1. The Labute approximate surface area is 123 Å². The molecule has 2 nitrogen and oxygen atoms in total. The van der Waals surface area contributed by atoms with Gasteiger partial charge >= 0.3 is 0 Å². The Morgan fingerprint density at radius 1 is 1.10 bits per heavy atom. The van der Waals surface area contributed by atoms with Gasteiger partial charge in [-0.3, -0.25) is 0 Å². The van der Waals surface area contributed by atoms with Gasteiger partial charge in [0.25, 0.3) is 0 Å². The second-order valence-corrected chi connectivity index (χ2v) is 7.29. The maximum atomic E-state index is 10.6. The van der Waals surface area contributed by atoms with Crippen molar-refractivity contribution in [3.63, 3.8) is 0 Å². The van der Waals surface area contributed by atoms with E-state index in [0.29, 0.717) is 0 Å². The summed E-state index contributed by atoms with van der Waals surface area (Å²) >= 11 is 1.69. The summed E-state index contributed by atoms with van der Waals surface area (Å²) in [4.78, 5) is 5.48. The van der Waals surface area contributed by atoms with Gasteiger partial charge in [-0.05, 0) is 46.7 Å². The van der Waals surface area contributed by atoms with Gasteiger partial charge in [-0.15, -0.1) is 11.3 Å². The molecule has 0 amide bonds. The largest absolute Gasteiger partial charge is 0.383 e. The molecule has 0 aliphatic carbocycles. The fourth-order valence-electron chi connectivity index (χ4n) is 2.31. The number of benzene rings is 1.